The third-order valence-corrected chi connectivity index (χ3v) is 4.03. The van der Waals surface area contributed by atoms with Gasteiger partial charge >= 0.3 is 0 Å². The molecule has 4 heteroatoms. The smallest absolute Gasteiger partial charge is 0.123 e. The van der Waals surface area contributed by atoms with Gasteiger partial charge in [-0.25, -0.2) is 0 Å². The molecular formula is C12H15IN2O. The van der Waals surface area contributed by atoms with E-state index in [0.29, 0.717) is 17.9 Å². The number of hydrogen-bond donors (Lipinski definition) is 1. The molecule has 1 heterocycles. The molecule has 1 aromatic rings. The molecule has 2 aliphatic rings. The summed E-state index contributed by atoms with van der Waals surface area (Å²) in [7, 11) is 0. The van der Waals surface area contributed by atoms with Crippen LogP contribution < -0.4 is 0 Å². The summed E-state index contributed by atoms with van der Waals surface area (Å²) < 4.78 is 3.19. The van der Waals surface area contributed by atoms with Crippen LogP contribution in [0.4, 0.5) is 0 Å². The lowest BCUT2D eigenvalue weighted by Crippen LogP contribution is -2.09. The van der Waals surface area contributed by atoms with Gasteiger partial charge in [0.15, 0.2) is 0 Å². The van der Waals surface area contributed by atoms with Gasteiger partial charge in [-0.3, -0.25) is 4.68 Å². The van der Waals surface area contributed by atoms with Crippen molar-refractivity contribution in [3.63, 3.8) is 0 Å². The normalized spacial score (nSPS) is 31.8. The highest BCUT2D eigenvalue weighted by molar-refractivity contribution is 14.1. The van der Waals surface area contributed by atoms with Crippen LogP contribution >= 0.6 is 22.6 Å². The molecule has 1 fully saturated rings. The van der Waals surface area contributed by atoms with Crippen LogP contribution in [-0.2, 0) is 0 Å². The van der Waals surface area contributed by atoms with Gasteiger partial charge in [0.2, 0.25) is 0 Å². The fraction of sp³-hybridized carbons (Fsp3) is 0.583. The zero-order chi connectivity index (χ0) is 11.4. The molecule has 3 atom stereocenters. The van der Waals surface area contributed by atoms with Crippen LogP contribution in [0.2, 0.25) is 0 Å². The Bertz CT molecular complexity index is 464. The van der Waals surface area contributed by atoms with Crippen LogP contribution in [0.3, 0.4) is 0 Å². The maximum absolute atomic E-state index is 9.48. The number of nitrogens with zero attached hydrogens (tertiary/aromatic N) is 2. The molecule has 2 aliphatic carbocycles. The first-order valence-corrected chi connectivity index (χ1v) is 6.80. The number of aliphatic hydroxyl groups is 1. The predicted octanol–water partition coefficient (Wildman–Crippen LogP) is 2.47. The Morgan fingerprint density at radius 1 is 1.56 bits per heavy atom. The summed E-state index contributed by atoms with van der Waals surface area (Å²) in [6.07, 6.45) is 2.73. The summed E-state index contributed by atoms with van der Waals surface area (Å²) in [5, 5.41) is 14.0. The van der Waals surface area contributed by atoms with E-state index in [9.17, 15) is 5.11 Å². The second kappa shape index (κ2) is 3.57. The van der Waals surface area contributed by atoms with Crippen molar-refractivity contribution in [2.24, 2.45) is 5.92 Å². The number of fused-ring (bicyclic) bond motifs is 1. The third-order valence-electron chi connectivity index (χ3n) is 3.50. The van der Waals surface area contributed by atoms with Crippen LogP contribution in [-0.4, -0.2) is 21.0 Å². The highest BCUT2D eigenvalue weighted by Gasteiger charge is 2.51. The number of hydrogen-bond acceptors (Lipinski definition) is 2. The Hall–Kier alpha value is -0.360. The van der Waals surface area contributed by atoms with Crippen molar-refractivity contribution in [3.8, 4) is 0 Å². The summed E-state index contributed by atoms with van der Waals surface area (Å²) >= 11 is 2.27. The van der Waals surface area contributed by atoms with E-state index in [1.807, 2.05) is 6.08 Å². The van der Waals surface area contributed by atoms with Crippen molar-refractivity contribution < 1.29 is 5.11 Å². The zero-order valence-corrected chi connectivity index (χ0v) is 11.5. The Morgan fingerprint density at radius 3 is 2.88 bits per heavy atom. The Kier molecular flexibility index (Phi) is 2.40. The first-order chi connectivity index (χ1) is 7.58. The maximum Gasteiger partial charge on any atom is 0.123 e. The second-order valence-electron chi connectivity index (χ2n) is 4.98. The van der Waals surface area contributed by atoms with Crippen LogP contribution in [0.5, 0.6) is 0 Å². The van der Waals surface area contributed by atoms with E-state index in [2.05, 4.69) is 52.3 Å². The van der Waals surface area contributed by atoms with E-state index in [4.69, 9.17) is 0 Å². The van der Waals surface area contributed by atoms with E-state index >= 15 is 0 Å². The molecule has 86 valence electrons. The van der Waals surface area contributed by atoms with Crippen molar-refractivity contribution in [2.75, 3.05) is 0 Å². The predicted molar refractivity (Wildman–Crippen MR) is 70.3 cm³/mol. The molecule has 1 saturated carbocycles. The number of allylic oxidation sites excluding steroid dienone is 1. The molecule has 0 amide bonds. The lowest BCUT2D eigenvalue weighted by atomic mass is 10.1. The van der Waals surface area contributed by atoms with Gasteiger partial charge in [0, 0.05) is 17.7 Å². The average Bonchev–Trinajstić information content (AvgIpc) is 2.60. The SMILES string of the molecule is CC(C)n1nc(I)cc1C1C2=CC(O)CC21. The first-order valence-electron chi connectivity index (χ1n) is 5.72. The second-order valence-corrected chi connectivity index (χ2v) is 6.09. The Balaban J connectivity index is 1.94. The van der Waals surface area contributed by atoms with Crippen molar-refractivity contribution >= 4 is 22.6 Å². The number of rotatable bonds is 2. The highest BCUT2D eigenvalue weighted by atomic mass is 127. The topological polar surface area (TPSA) is 38.0 Å². The quantitative estimate of drug-likeness (QED) is 0.668. The third kappa shape index (κ3) is 1.54. The van der Waals surface area contributed by atoms with E-state index in [0.717, 1.165) is 10.1 Å². The molecule has 3 nitrogen and oxygen atoms in total. The van der Waals surface area contributed by atoms with Crippen molar-refractivity contribution in [1.29, 1.82) is 0 Å². The van der Waals surface area contributed by atoms with Gasteiger partial charge in [0.25, 0.3) is 0 Å². The molecule has 0 saturated heterocycles. The zero-order valence-electron chi connectivity index (χ0n) is 9.39. The number of aliphatic hydroxyl groups excluding tert-OH is 1. The van der Waals surface area contributed by atoms with Gasteiger partial charge in [0.05, 0.1) is 6.10 Å². The van der Waals surface area contributed by atoms with Crippen molar-refractivity contribution in [1.82, 2.24) is 9.78 Å². The van der Waals surface area contributed by atoms with E-state index in [1.54, 1.807) is 0 Å². The fourth-order valence-electron chi connectivity index (χ4n) is 2.79. The monoisotopic (exact) mass is 330 g/mol. The van der Waals surface area contributed by atoms with Gasteiger partial charge in [-0.2, -0.15) is 5.10 Å². The van der Waals surface area contributed by atoms with Gasteiger partial charge in [0.1, 0.15) is 3.70 Å². The minimum atomic E-state index is -0.203. The molecule has 0 aliphatic heterocycles. The lowest BCUT2D eigenvalue weighted by molar-refractivity contribution is 0.211. The number of aromatic nitrogens is 2. The van der Waals surface area contributed by atoms with Crippen LogP contribution in [0, 0.1) is 9.62 Å². The summed E-state index contributed by atoms with van der Waals surface area (Å²) in [5.41, 5.74) is 2.74. The summed E-state index contributed by atoms with van der Waals surface area (Å²) in [6, 6.07) is 2.59. The summed E-state index contributed by atoms with van der Waals surface area (Å²) in [4.78, 5) is 0. The minimum absolute atomic E-state index is 0.203. The van der Waals surface area contributed by atoms with E-state index < -0.39 is 0 Å². The van der Waals surface area contributed by atoms with Gasteiger partial charge in [-0.05, 0) is 54.8 Å². The molecule has 16 heavy (non-hydrogen) atoms. The van der Waals surface area contributed by atoms with Gasteiger partial charge in [-0.1, -0.05) is 11.6 Å². The van der Waals surface area contributed by atoms with Gasteiger partial charge < -0.3 is 5.11 Å². The van der Waals surface area contributed by atoms with Crippen LogP contribution in [0.15, 0.2) is 17.7 Å². The van der Waals surface area contributed by atoms with E-state index in [-0.39, 0.29) is 6.10 Å². The Morgan fingerprint density at radius 2 is 2.31 bits per heavy atom. The standard InChI is InChI=1S/C12H15IN2O/c1-6(2)15-10(5-11(13)14-15)12-8-3-7(16)4-9(8)12/h3,5-7,9,12,16H,4H2,1-2H3. The Labute approximate surface area is 109 Å². The molecule has 3 rings (SSSR count). The summed E-state index contributed by atoms with van der Waals surface area (Å²) in [5.74, 6) is 1.11. The maximum atomic E-state index is 9.48. The fourth-order valence-corrected chi connectivity index (χ4v) is 3.34. The van der Waals surface area contributed by atoms with Gasteiger partial charge in [-0.15, -0.1) is 0 Å². The van der Waals surface area contributed by atoms with E-state index in [1.165, 1.54) is 11.3 Å². The average molecular weight is 330 g/mol. The number of halogens is 1. The highest BCUT2D eigenvalue weighted by Crippen LogP contribution is 2.59. The molecule has 0 radical (unpaired) electrons. The molecule has 1 N–H and O–H groups in total. The first kappa shape index (κ1) is 10.8. The molecule has 0 bridgehead atoms. The molecule has 0 spiro atoms. The summed E-state index contributed by atoms with van der Waals surface area (Å²) in [6.45, 7) is 4.32. The van der Waals surface area contributed by atoms with Crippen molar-refractivity contribution in [3.05, 3.63) is 27.1 Å². The lowest BCUT2D eigenvalue weighted by Gasteiger charge is -2.11. The van der Waals surface area contributed by atoms with Crippen LogP contribution in [0.25, 0.3) is 0 Å². The molecule has 3 unspecified atom stereocenters. The largest absolute Gasteiger partial charge is 0.389 e. The molecule has 0 aromatic carbocycles. The molecule has 1 aromatic heterocycles. The minimum Gasteiger partial charge on any atom is -0.389 e. The van der Waals surface area contributed by atoms with Crippen molar-refractivity contribution in [2.45, 2.75) is 38.3 Å². The molecular weight excluding hydrogens is 315 g/mol. The van der Waals surface area contributed by atoms with Crippen LogP contribution in [0.1, 0.15) is 37.9 Å².